The van der Waals surface area contributed by atoms with E-state index in [2.05, 4.69) is 15.6 Å². The highest BCUT2D eigenvalue weighted by molar-refractivity contribution is 7.88. The van der Waals surface area contributed by atoms with Crippen molar-refractivity contribution in [2.75, 3.05) is 32.4 Å². The fraction of sp³-hybridized carbons (Fsp3) is 0.545. The average molecular weight is 495 g/mol. The Morgan fingerprint density at radius 3 is 2.12 bits per heavy atom. The molecule has 1 amide bonds. The van der Waals surface area contributed by atoms with Gasteiger partial charge in [0.15, 0.2) is 0 Å². The number of likely N-dealkylation sites (tertiary alicyclic amines) is 1. The first-order valence-electron chi connectivity index (χ1n) is 11.2. The molecule has 0 spiro atoms. The topological polar surface area (TPSA) is 150 Å². The summed E-state index contributed by atoms with van der Waals surface area (Å²) in [4.78, 5) is 37.5. The Hall–Kier alpha value is -2.99. The number of carbonyl (C=O) groups is 3. The standard InChI is InChI=1S/C20H28N4O3S.C2H2O4/c1-28(26,27)24-12-8-17(9-13-24)20(25)22-10-6-16(7-11-22)14-23-15-21-18-4-2-3-5-19(18)23;3-1(4)2(5)6/h2-5,15-17H,6-14H2,1H3;(H,3,4)(H,5,6). The Morgan fingerprint density at radius 2 is 1.56 bits per heavy atom. The summed E-state index contributed by atoms with van der Waals surface area (Å²) in [5.41, 5.74) is 2.19. The van der Waals surface area contributed by atoms with Crippen molar-refractivity contribution in [2.45, 2.75) is 32.2 Å². The maximum Gasteiger partial charge on any atom is 0.414 e. The zero-order valence-corrected chi connectivity index (χ0v) is 19.9. The van der Waals surface area contributed by atoms with Crippen LogP contribution in [-0.2, 0) is 31.0 Å². The van der Waals surface area contributed by atoms with E-state index in [0.29, 0.717) is 31.8 Å². The Morgan fingerprint density at radius 1 is 0.971 bits per heavy atom. The van der Waals surface area contributed by atoms with Crippen LogP contribution in [0.15, 0.2) is 30.6 Å². The number of hydrogen-bond acceptors (Lipinski definition) is 6. The molecule has 0 unspecified atom stereocenters. The van der Waals surface area contributed by atoms with Gasteiger partial charge in [0.25, 0.3) is 0 Å². The van der Waals surface area contributed by atoms with Gasteiger partial charge in [-0.2, -0.15) is 0 Å². The molecule has 2 fully saturated rings. The number of aromatic nitrogens is 2. The summed E-state index contributed by atoms with van der Waals surface area (Å²) in [6, 6.07) is 8.17. The van der Waals surface area contributed by atoms with Crippen LogP contribution in [-0.4, -0.2) is 87.7 Å². The number of sulfonamides is 1. The predicted molar refractivity (Wildman–Crippen MR) is 123 cm³/mol. The second kappa shape index (κ2) is 11.0. The number of carbonyl (C=O) groups excluding carboxylic acids is 1. The van der Waals surface area contributed by atoms with E-state index in [-0.39, 0.29) is 11.8 Å². The molecular formula is C22H30N4O7S. The van der Waals surface area contributed by atoms with Crippen molar-refractivity contribution in [1.82, 2.24) is 18.8 Å². The molecule has 12 heteroatoms. The lowest BCUT2D eigenvalue weighted by atomic mass is 9.92. The van der Waals surface area contributed by atoms with Crippen LogP contribution >= 0.6 is 0 Å². The van der Waals surface area contributed by atoms with Crippen molar-refractivity contribution in [3.05, 3.63) is 30.6 Å². The third-order valence-electron chi connectivity index (χ3n) is 6.36. The minimum atomic E-state index is -3.15. The Bertz CT molecular complexity index is 1120. The Kier molecular flexibility index (Phi) is 8.26. The molecule has 1 aromatic heterocycles. The molecule has 186 valence electrons. The highest BCUT2D eigenvalue weighted by Gasteiger charge is 2.33. The van der Waals surface area contributed by atoms with Crippen molar-refractivity contribution in [1.29, 1.82) is 0 Å². The van der Waals surface area contributed by atoms with E-state index in [1.807, 2.05) is 29.4 Å². The number of amides is 1. The molecule has 2 aliphatic heterocycles. The fourth-order valence-electron chi connectivity index (χ4n) is 4.46. The molecule has 2 aliphatic rings. The first kappa shape index (κ1) is 25.6. The number of carboxylic acids is 2. The zero-order valence-electron chi connectivity index (χ0n) is 19.0. The molecule has 4 rings (SSSR count). The number of rotatable bonds is 4. The minimum Gasteiger partial charge on any atom is -0.473 e. The number of hydrogen-bond donors (Lipinski definition) is 2. The highest BCUT2D eigenvalue weighted by atomic mass is 32.2. The number of aliphatic carboxylic acids is 2. The molecular weight excluding hydrogens is 464 g/mol. The van der Waals surface area contributed by atoms with E-state index in [1.54, 1.807) is 0 Å². The molecule has 0 radical (unpaired) electrons. The average Bonchev–Trinajstić information content (AvgIpc) is 3.22. The van der Waals surface area contributed by atoms with Gasteiger partial charge < -0.3 is 19.7 Å². The number of fused-ring (bicyclic) bond motifs is 1. The van der Waals surface area contributed by atoms with Crippen LogP contribution in [0, 0.1) is 11.8 Å². The van der Waals surface area contributed by atoms with Gasteiger partial charge in [0, 0.05) is 38.6 Å². The minimum absolute atomic E-state index is 0.0351. The van der Waals surface area contributed by atoms with Crippen LogP contribution in [0.2, 0.25) is 0 Å². The number of imidazole rings is 1. The monoisotopic (exact) mass is 494 g/mol. The SMILES string of the molecule is CS(=O)(=O)N1CCC(C(=O)N2CCC(Cn3cnc4ccccc43)CC2)CC1.O=C(O)C(=O)O. The van der Waals surface area contributed by atoms with Crippen LogP contribution in [0.1, 0.15) is 25.7 Å². The molecule has 11 nitrogen and oxygen atoms in total. The first-order chi connectivity index (χ1) is 16.1. The summed E-state index contributed by atoms with van der Waals surface area (Å²) in [5, 5.41) is 14.8. The summed E-state index contributed by atoms with van der Waals surface area (Å²) in [5.74, 6) is -2.93. The van der Waals surface area contributed by atoms with Gasteiger partial charge in [0.2, 0.25) is 15.9 Å². The molecule has 3 heterocycles. The highest BCUT2D eigenvalue weighted by Crippen LogP contribution is 2.26. The fourth-order valence-corrected chi connectivity index (χ4v) is 5.34. The van der Waals surface area contributed by atoms with E-state index < -0.39 is 22.0 Å². The van der Waals surface area contributed by atoms with Gasteiger partial charge in [-0.15, -0.1) is 0 Å². The second-order valence-electron chi connectivity index (χ2n) is 8.70. The maximum absolute atomic E-state index is 12.9. The summed E-state index contributed by atoms with van der Waals surface area (Å²) in [6.45, 7) is 3.44. The van der Waals surface area contributed by atoms with Gasteiger partial charge in [-0.05, 0) is 43.7 Å². The van der Waals surface area contributed by atoms with Crippen LogP contribution < -0.4 is 0 Å². The lowest BCUT2D eigenvalue weighted by Crippen LogP contribution is -2.46. The summed E-state index contributed by atoms with van der Waals surface area (Å²) in [7, 11) is -3.15. The van der Waals surface area contributed by atoms with E-state index in [0.717, 1.165) is 38.0 Å². The lowest BCUT2D eigenvalue weighted by Gasteiger charge is -2.36. The molecule has 1 aromatic carbocycles. The summed E-state index contributed by atoms with van der Waals surface area (Å²) in [6.07, 6.45) is 6.42. The van der Waals surface area contributed by atoms with Crippen molar-refractivity contribution < 1.29 is 33.0 Å². The smallest absolute Gasteiger partial charge is 0.414 e. The zero-order chi connectivity index (χ0) is 24.9. The summed E-state index contributed by atoms with van der Waals surface area (Å²) >= 11 is 0. The number of piperidine rings is 2. The quantitative estimate of drug-likeness (QED) is 0.600. The largest absolute Gasteiger partial charge is 0.473 e. The Balaban J connectivity index is 0.000000481. The molecule has 0 aliphatic carbocycles. The number of nitrogens with zero attached hydrogens (tertiary/aromatic N) is 4. The second-order valence-corrected chi connectivity index (χ2v) is 10.7. The van der Waals surface area contributed by atoms with Crippen molar-refractivity contribution in [3.63, 3.8) is 0 Å². The molecule has 0 bridgehead atoms. The molecule has 34 heavy (non-hydrogen) atoms. The third-order valence-corrected chi connectivity index (χ3v) is 7.67. The van der Waals surface area contributed by atoms with Crippen LogP contribution in [0.4, 0.5) is 0 Å². The molecule has 0 saturated carbocycles. The van der Waals surface area contributed by atoms with Gasteiger partial charge >= 0.3 is 11.9 Å². The maximum atomic E-state index is 12.9. The van der Waals surface area contributed by atoms with Gasteiger partial charge in [0.05, 0.1) is 23.6 Å². The van der Waals surface area contributed by atoms with Crippen LogP contribution in [0.3, 0.4) is 0 Å². The van der Waals surface area contributed by atoms with Gasteiger partial charge in [-0.3, -0.25) is 4.79 Å². The van der Waals surface area contributed by atoms with Crippen molar-refractivity contribution >= 4 is 38.9 Å². The normalized spacial score (nSPS) is 18.3. The number of benzene rings is 1. The van der Waals surface area contributed by atoms with Crippen molar-refractivity contribution in [3.8, 4) is 0 Å². The van der Waals surface area contributed by atoms with E-state index in [1.165, 1.54) is 16.1 Å². The lowest BCUT2D eigenvalue weighted by molar-refractivity contribution is -0.159. The van der Waals surface area contributed by atoms with Crippen LogP contribution in [0.5, 0.6) is 0 Å². The number of carboxylic acid groups (broad SMARTS) is 2. The van der Waals surface area contributed by atoms with E-state index in [4.69, 9.17) is 19.8 Å². The van der Waals surface area contributed by atoms with Gasteiger partial charge in [-0.25, -0.2) is 27.3 Å². The molecule has 2 aromatic rings. The summed E-state index contributed by atoms with van der Waals surface area (Å²) < 4.78 is 27.0. The van der Waals surface area contributed by atoms with Gasteiger partial charge in [-0.1, -0.05) is 12.1 Å². The van der Waals surface area contributed by atoms with Crippen LogP contribution in [0.25, 0.3) is 11.0 Å². The van der Waals surface area contributed by atoms with Crippen molar-refractivity contribution in [2.24, 2.45) is 11.8 Å². The molecule has 2 saturated heterocycles. The third kappa shape index (κ3) is 6.54. The first-order valence-corrected chi connectivity index (χ1v) is 13.0. The number of para-hydroxylation sites is 2. The molecule has 0 atom stereocenters. The molecule has 2 N–H and O–H groups in total. The predicted octanol–water partition coefficient (Wildman–Crippen LogP) is 1.10. The van der Waals surface area contributed by atoms with E-state index in [9.17, 15) is 13.2 Å². The van der Waals surface area contributed by atoms with E-state index >= 15 is 0 Å². The van der Waals surface area contributed by atoms with Gasteiger partial charge in [0.1, 0.15) is 0 Å². The Labute approximate surface area is 198 Å².